The summed E-state index contributed by atoms with van der Waals surface area (Å²) in [6, 6.07) is 0. The van der Waals surface area contributed by atoms with Crippen LogP contribution in [0.4, 0.5) is 0 Å². The van der Waals surface area contributed by atoms with Crippen molar-refractivity contribution in [1.29, 1.82) is 0 Å². The normalized spacial score (nSPS) is 45.8. The van der Waals surface area contributed by atoms with E-state index in [1.165, 1.54) is 7.11 Å². The first-order chi connectivity index (χ1) is 5.15. The molecule has 4 heteroatoms. The van der Waals surface area contributed by atoms with Crippen LogP contribution in [-0.2, 0) is 9.47 Å². The second-order valence-electron chi connectivity index (χ2n) is 2.81. The van der Waals surface area contributed by atoms with Crippen LogP contribution in [-0.4, -0.2) is 41.9 Å². The highest BCUT2D eigenvalue weighted by Crippen LogP contribution is 2.20. The molecule has 0 bridgehead atoms. The van der Waals surface area contributed by atoms with E-state index in [0.717, 1.165) is 0 Å². The van der Waals surface area contributed by atoms with Crippen molar-refractivity contribution in [2.24, 2.45) is 0 Å². The maximum atomic E-state index is 9.28. The maximum Gasteiger partial charge on any atom is 0.181 e. The van der Waals surface area contributed by atoms with Crippen molar-refractivity contribution in [2.75, 3.05) is 7.11 Å². The van der Waals surface area contributed by atoms with Crippen LogP contribution in [0.3, 0.4) is 0 Å². The van der Waals surface area contributed by atoms with Gasteiger partial charge in [-0.3, -0.25) is 0 Å². The van der Waals surface area contributed by atoms with Crippen LogP contribution in [0.2, 0.25) is 0 Å². The number of hydrogen-bond donors (Lipinski definition) is 2. The van der Waals surface area contributed by atoms with E-state index >= 15 is 0 Å². The Balaban J connectivity index is 2.48. The zero-order valence-electron chi connectivity index (χ0n) is 6.73. The topological polar surface area (TPSA) is 58.9 Å². The van der Waals surface area contributed by atoms with Crippen molar-refractivity contribution < 1.29 is 19.7 Å². The molecule has 0 amide bonds. The van der Waals surface area contributed by atoms with Gasteiger partial charge in [-0.2, -0.15) is 0 Å². The van der Waals surface area contributed by atoms with Crippen LogP contribution < -0.4 is 0 Å². The summed E-state index contributed by atoms with van der Waals surface area (Å²) in [5, 5.41) is 18.5. The highest BCUT2D eigenvalue weighted by Gasteiger charge is 2.33. The largest absolute Gasteiger partial charge is 0.390 e. The predicted octanol–water partition coefficient (Wildman–Crippen LogP) is -0.510. The van der Waals surface area contributed by atoms with E-state index in [-0.39, 0.29) is 6.10 Å². The number of methoxy groups -OCH3 is 1. The molecule has 2 unspecified atom stereocenters. The van der Waals surface area contributed by atoms with Gasteiger partial charge in [-0.05, 0) is 6.92 Å². The van der Waals surface area contributed by atoms with Gasteiger partial charge in [0, 0.05) is 13.5 Å². The molecule has 1 saturated heterocycles. The SMILES string of the molecule is CO[C@@H]1CC(O)[C@H](C)OC1O. The second kappa shape index (κ2) is 3.49. The van der Waals surface area contributed by atoms with Gasteiger partial charge < -0.3 is 19.7 Å². The molecule has 2 N–H and O–H groups in total. The molecule has 11 heavy (non-hydrogen) atoms. The molecule has 4 nitrogen and oxygen atoms in total. The number of hydrogen-bond acceptors (Lipinski definition) is 4. The molecule has 4 atom stereocenters. The van der Waals surface area contributed by atoms with E-state index in [1.54, 1.807) is 6.92 Å². The maximum absolute atomic E-state index is 9.28. The second-order valence-corrected chi connectivity index (χ2v) is 2.81. The van der Waals surface area contributed by atoms with Crippen LogP contribution >= 0.6 is 0 Å². The Morgan fingerprint density at radius 2 is 2.09 bits per heavy atom. The third-order valence-electron chi connectivity index (χ3n) is 1.99. The van der Waals surface area contributed by atoms with Crippen LogP contribution in [0, 0.1) is 0 Å². The summed E-state index contributed by atoms with van der Waals surface area (Å²) in [6.07, 6.45) is -1.72. The van der Waals surface area contributed by atoms with Crippen LogP contribution in [0.5, 0.6) is 0 Å². The number of rotatable bonds is 1. The van der Waals surface area contributed by atoms with Gasteiger partial charge in [-0.15, -0.1) is 0 Å². The molecule has 0 aromatic rings. The molecule has 1 aliphatic rings. The van der Waals surface area contributed by atoms with E-state index in [0.29, 0.717) is 6.42 Å². The molecule has 1 heterocycles. The molecule has 66 valence electrons. The predicted molar refractivity (Wildman–Crippen MR) is 38.0 cm³/mol. The number of aliphatic hydroxyl groups is 2. The summed E-state index contributed by atoms with van der Waals surface area (Å²) in [7, 11) is 1.49. The zero-order chi connectivity index (χ0) is 8.43. The average Bonchev–Trinajstić information content (AvgIpc) is 1.97. The third-order valence-corrected chi connectivity index (χ3v) is 1.99. The summed E-state index contributed by atoms with van der Waals surface area (Å²) < 4.78 is 9.87. The van der Waals surface area contributed by atoms with Gasteiger partial charge in [0.2, 0.25) is 0 Å². The summed E-state index contributed by atoms with van der Waals surface area (Å²) in [5.41, 5.74) is 0. The summed E-state index contributed by atoms with van der Waals surface area (Å²) in [6.45, 7) is 1.72. The van der Waals surface area contributed by atoms with E-state index in [1.807, 2.05) is 0 Å². The third kappa shape index (κ3) is 1.90. The molecule has 1 fully saturated rings. The number of ether oxygens (including phenoxy) is 2. The van der Waals surface area contributed by atoms with Gasteiger partial charge in [0.05, 0.1) is 12.2 Å². The molecule has 0 radical (unpaired) electrons. The molecular weight excluding hydrogens is 148 g/mol. The van der Waals surface area contributed by atoms with Crippen molar-refractivity contribution in [3.8, 4) is 0 Å². The standard InChI is InChI=1S/C7H14O4/c1-4-5(8)3-6(10-2)7(9)11-4/h4-9H,3H2,1-2H3/t4-,5?,6+,7?/m0/s1. The average molecular weight is 162 g/mol. The Morgan fingerprint density at radius 3 is 2.64 bits per heavy atom. The minimum Gasteiger partial charge on any atom is -0.390 e. The molecule has 1 rings (SSSR count). The van der Waals surface area contributed by atoms with Crippen LogP contribution in [0.1, 0.15) is 13.3 Å². The Bertz CT molecular complexity index is 128. The van der Waals surface area contributed by atoms with Gasteiger partial charge in [-0.25, -0.2) is 0 Å². The molecule has 0 aliphatic carbocycles. The fourth-order valence-electron chi connectivity index (χ4n) is 1.16. The lowest BCUT2D eigenvalue weighted by molar-refractivity contribution is -0.246. The minimum absolute atomic E-state index is 0.309. The van der Waals surface area contributed by atoms with E-state index in [9.17, 15) is 10.2 Å². The summed E-state index contributed by atoms with van der Waals surface area (Å²) in [5.74, 6) is 0. The van der Waals surface area contributed by atoms with Crippen LogP contribution in [0.15, 0.2) is 0 Å². The Hall–Kier alpha value is -0.160. The molecule has 0 aromatic heterocycles. The van der Waals surface area contributed by atoms with Gasteiger partial charge in [0.15, 0.2) is 6.29 Å². The van der Waals surface area contributed by atoms with Crippen molar-refractivity contribution in [3.05, 3.63) is 0 Å². The van der Waals surface area contributed by atoms with E-state index < -0.39 is 18.5 Å². The lowest BCUT2D eigenvalue weighted by Gasteiger charge is -2.34. The van der Waals surface area contributed by atoms with Gasteiger partial charge >= 0.3 is 0 Å². The summed E-state index contributed by atoms with van der Waals surface area (Å²) in [4.78, 5) is 0. The Kier molecular flexibility index (Phi) is 2.84. The Morgan fingerprint density at radius 1 is 1.45 bits per heavy atom. The summed E-state index contributed by atoms with van der Waals surface area (Å²) >= 11 is 0. The first-order valence-electron chi connectivity index (χ1n) is 3.69. The fraction of sp³-hybridized carbons (Fsp3) is 1.00. The monoisotopic (exact) mass is 162 g/mol. The van der Waals surface area contributed by atoms with Crippen molar-refractivity contribution in [2.45, 2.75) is 37.9 Å². The lowest BCUT2D eigenvalue weighted by Crippen LogP contribution is -2.46. The van der Waals surface area contributed by atoms with Crippen molar-refractivity contribution in [3.63, 3.8) is 0 Å². The minimum atomic E-state index is -0.904. The van der Waals surface area contributed by atoms with Crippen molar-refractivity contribution in [1.82, 2.24) is 0 Å². The van der Waals surface area contributed by atoms with Gasteiger partial charge in [0.1, 0.15) is 6.10 Å². The first kappa shape index (κ1) is 8.93. The molecular formula is C7H14O4. The molecule has 0 aromatic carbocycles. The number of aliphatic hydroxyl groups excluding tert-OH is 2. The highest BCUT2D eigenvalue weighted by atomic mass is 16.6. The van der Waals surface area contributed by atoms with Crippen LogP contribution in [0.25, 0.3) is 0 Å². The lowest BCUT2D eigenvalue weighted by atomic mass is 10.0. The molecule has 0 spiro atoms. The zero-order valence-corrected chi connectivity index (χ0v) is 6.73. The van der Waals surface area contributed by atoms with Gasteiger partial charge in [-0.1, -0.05) is 0 Å². The van der Waals surface area contributed by atoms with E-state index in [2.05, 4.69) is 0 Å². The quantitative estimate of drug-likeness (QED) is 0.545. The van der Waals surface area contributed by atoms with E-state index in [4.69, 9.17) is 9.47 Å². The van der Waals surface area contributed by atoms with Crippen molar-refractivity contribution >= 4 is 0 Å². The molecule has 0 saturated carbocycles. The van der Waals surface area contributed by atoms with Gasteiger partial charge in [0.25, 0.3) is 0 Å². The fourth-order valence-corrected chi connectivity index (χ4v) is 1.16. The highest BCUT2D eigenvalue weighted by molar-refractivity contribution is 4.78. The first-order valence-corrected chi connectivity index (χ1v) is 3.69. The smallest absolute Gasteiger partial charge is 0.181 e. The molecule has 1 aliphatic heterocycles. The Labute approximate surface area is 65.7 Å².